The van der Waals surface area contributed by atoms with Gasteiger partial charge in [0.05, 0.1) is 0 Å². The molecule has 90 valence electrons. The predicted molar refractivity (Wildman–Crippen MR) is 71.6 cm³/mol. The normalized spacial score (nSPS) is 26.0. The van der Waals surface area contributed by atoms with Crippen LogP contribution in [0.2, 0.25) is 0 Å². The molecule has 2 unspecified atom stereocenters. The fraction of sp³-hybridized carbons (Fsp3) is 0.438. The van der Waals surface area contributed by atoms with Crippen LogP contribution in [0.15, 0.2) is 36.4 Å². The lowest BCUT2D eigenvalue weighted by atomic mass is 9.69. The van der Waals surface area contributed by atoms with E-state index in [-0.39, 0.29) is 5.92 Å². The molecule has 2 bridgehead atoms. The van der Waals surface area contributed by atoms with Crippen molar-refractivity contribution in [3.8, 4) is 0 Å². The molecule has 0 aromatic heterocycles. The number of carbonyl (C=O) groups is 1. The van der Waals surface area contributed by atoms with E-state index >= 15 is 0 Å². The molecule has 17 heavy (non-hydrogen) atoms. The van der Waals surface area contributed by atoms with Crippen LogP contribution in [0.25, 0.3) is 5.57 Å². The minimum Gasteiger partial charge on any atom is -0.299 e. The molecule has 1 saturated carbocycles. The van der Waals surface area contributed by atoms with Crippen LogP contribution in [0.3, 0.4) is 0 Å². The second-order valence-electron chi connectivity index (χ2n) is 4.54. The number of hydrogen-bond donors (Lipinski definition) is 0. The van der Waals surface area contributed by atoms with E-state index in [0.717, 1.165) is 12.8 Å². The van der Waals surface area contributed by atoms with Gasteiger partial charge in [-0.05, 0) is 29.9 Å². The first kappa shape index (κ1) is 12.1. The van der Waals surface area contributed by atoms with Crippen LogP contribution in [0, 0.1) is 11.8 Å². The quantitative estimate of drug-likeness (QED) is 0.707. The van der Waals surface area contributed by atoms with Crippen molar-refractivity contribution in [3.05, 3.63) is 42.0 Å². The number of rotatable bonds is 1. The van der Waals surface area contributed by atoms with Crippen LogP contribution in [-0.4, -0.2) is 5.78 Å². The molecule has 0 amide bonds. The van der Waals surface area contributed by atoms with Crippen molar-refractivity contribution in [1.29, 1.82) is 0 Å². The highest BCUT2D eigenvalue weighted by Crippen LogP contribution is 2.42. The van der Waals surface area contributed by atoms with Crippen LogP contribution >= 0.6 is 0 Å². The largest absolute Gasteiger partial charge is 0.299 e. The van der Waals surface area contributed by atoms with Gasteiger partial charge >= 0.3 is 0 Å². The number of allylic oxidation sites excluding steroid dienone is 2. The monoisotopic (exact) mass is 228 g/mol. The highest BCUT2D eigenvalue weighted by atomic mass is 16.1. The molecule has 4 rings (SSSR count). The SMILES string of the molecule is CC.O=C1CC2CCC1C=C2c1ccccc1. The van der Waals surface area contributed by atoms with Crippen LogP contribution < -0.4 is 0 Å². The molecule has 1 heteroatoms. The van der Waals surface area contributed by atoms with Crippen molar-refractivity contribution in [3.63, 3.8) is 0 Å². The first-order valence-electron chi connectivity index (χ1n) is 6.64. The molecule has 1 aromatic carbocycles. The molecular weight excluding hydrogens is 208 g/mol. The Morgan fingerprint density at radius 3 is 2.29 bits per heavy atom. The molecule has 3 aliphatic carbocycles. The molecule has 1 fully saturated rings. The predicted octanol–water partition coefficient (Wildman–Crippen LogP) is 4.10. The Kier molecular flexibility index (Phi) is 3.78. The summed E-state index contributed by atoms with van der Waals surface area (Å²) in [5.41, 5.74) is 2.71. The van der Waals surface area contributed by atoms with Gasteiger partial charge in [-0.15, -0.1) is 0 Å². The van der Waals surface area contributed by atoms with Crippen LogP contribution in [-0.2, 0) is 4.79 Å². The molecular formula is C16H20O. The number of carbonyl (C=O) groups excluding carboxylic acids is 1. The maximum atomic E-state index is 11.6. The average Bonchev–Trinajstić information content (AvgIpc) is 2.42. The topological polar surface area (TPSA) is 17.1 Å². The van der Waals surface area contributed by atoms with Crippen molar-refractivity contribution >= 4 is 11.4 Å². The number of benzene rings is 1. The molecule has 2 atom stereocenters. The zero-order chi connectivity index (χ0) is 12.3. The van der Waals surface area contributed by atoms with Gasteiger partial charge < -0.3 is 0 Å². The van der Waals surface area contributed by atoms with Gasteiger partial charge in [-0.25, -0.2) is 0 Å². The second kappa shape index (κ2) is 5.31. The van der Waals surface area contributed by atoms with Crippen molar-refractivity contribution in [2.24, 2.45) is 11.8 Å². The highest BCUT2D eigenvalue weighted by Gasteiger charge is 2.35. The third kappa shape index (κ3) is 2.33. The lowest BCUT2D eigenvalue weighted by Crippen LogP contribution is -2.29. The minimum absolute atomic E-state index is 0.213. The number of fused-ring (bicyclic) bond motifs is 2. The van der Waals surface area contributed by atoms with Crippen molar-refractivity contribution in [2.75, 3.05) is 0 Å². The standard InChI is InChI=1S/C14H14O.C2H6/c15-14-9-11-6-7-12(14)8-13(11)10-4-2-1-3-5-10;1-2/h1-5,8,11-12H,6-7,9H2;1-2H3. The lowest BCUT2D eigenvalue weighted by Gasteiger charge is -2.34. The molecule has 0 radical (unpaired) electrons. The fourth-order valence-corrected chi connectivity index (χ4v) is 2.80. The van der Waals surface area contributed by atoms with Crippen LogP contribution in [0.1, 0.15) is 38.7 Å². The first-order valence-corrected chi connectivity index (χ1v) is 6.64. The number of ketones is 1. The maximum Gasteiger partial charge on any atom is 0.140 e. The maximum absolute atomic E-state index is 11.6. The molecule has 0 heterocycles. The summed E-state index contributed by atoms with van der Waals surface area (Å²) in [6.45, 7) is 4.00. The van der Waals surface area contributed by atoms with Gasteiger partial charge in [-0.3, -0.25) is 4.79 Å². The minimum atomic E-state index is 0.213. The Hall–Kier alpha value is -1.37. The smallest absolute Gasteiger partial charge is 0.140 e. The number of hydrogen-bond acceptors (Lipinski definition) is 1. The second-order valence-corrected chi connectivity index (χ2v) is 4.54. The summed E-state index contributed by atoms with van der Waals surface area (Å²) in [4.78, 5) is 11.6. The van der Waals surface area contributed by atoms with E-state index in [1.807, 2.05) is 19.9 Å². The summed E-state index contributed by atoms with van der Waals surface area (Å²) in [6.07, 6.45) is 5.23. The molecule has 3 aliphatic rings. The summed E-state index contributed by atoms with van der Waals surface area (Å²) in [5.74, 6) is 1.15. The Morgan fingerprint density at radius 2 is 1.76 bits per heavy atom. The zero-order valence-corrected chi connectivity index (χ0v) is 10.6. The van der Waals surface area contributed by atoms with Gasteiger partial charge in [0.25, 0.3) is 0 Å². The van der Waals surface area contributed by atoms with Gasteiger partial charge in [0.15, 0.2) is 0 Å². The summed E-state index contributed by atoms with van der Waals surface area (Å²) < 4.78 is 0. The van der Waals surface area contributed by atoms with Crippen molar-refractivity contribution < 1.29 is 4.79 Å². The van der Waals surface area contributed by atoms with Gasteiger partial charge in [0, 0.05) is 12.3 Å². The van der Waals surface area contributed by atoms with E-state index in [1.165, 1.54) is 17.6 Å². The zero-order valence-electron chi connectivity index (χ0n) is 10.6. The third-order valence-corrected chi connectivity index (χ3v) is 3.61. The first-order chi connectivity index (χ1) is 8.34. The van der Waals surface area contributed by atoms with Gasteiger partial charge in [-0.1, -0.05) is 50.3 Å². The Morgan fingerprint density at radius 1 is 1.06 bits per heavy atom. The van der Waals surface area contributed by atoms with E-state index in [2.05, 4.69) is 30.3 Å². The molecule has 1 aromatic rings. The van der Waals surface area contributed by atoms with E-state index in [0.29, 0.717) is 11.7 Å². The Bertz CT molecular complexity index is 416. The van der Waals surface area contributed by atoms with Gasteiger partial charge in [0.1, 0.15) is 5.78 Å². The molecule has 0 aliphatic heterocycles. The fourth-order valence-electron chi connectivity index (χ4n) is 2.80. The molecule has 0 N–H and O–H groups in total. The van der Waals surface area contributed by atoms with E-state index in [9.17, 15) is 4.79 Å². The molecule has 0 spiro atoms. The van der Waals surface area contributed by atoms with E-state index in [1.54, 1.807) is 0 Å². The van der Waals surface area contributed by atoms with Crippen LogP contribution in [0.5, 0.6) is 0 Å². The molecule has 1 nitrogen and oxygen atoms in total. The van der Waals surface area contributed by atoms with E-state index in [4.69, 9.17) is 0 Å². The van der Waals surface area contributed by atoms with Crippen LogP contribution in [0.4, 0.5) is 0 Å². The summed E-state index contributed by atoms with van der Waals surface area (Å²) >= 11 is 0. The summed E-state index contributed by atoms with van der Waals surface area (Å²) in [7, 11) is 0. The summed E-state index contributed by atoms with van der Waals surface area (Å²) in [6, 6.07) is 10.5. The van der Waals surface area contributed by atoms with Crippen molar-refractivity contribution in [2.45, 2.75) is 33.1 Å². The third-order valence-electron chi connectivity index (χ3n) is 3.61. The number of Topliss-reactive ketones (excluding diaryl/α,β-unsaturated/α-hetero) is 1. The Labute approximate surface area is 104 Å². The molecule has 0 saturated heterocycles. The highest BCUT2D eigenvalue weighted by molar-refractivity contribution is 5.91. The average molecular weight is 228 g/mol. The van der Waals surface area contributed by atoms with E-state index < -0.39 is 0 Å². The van der Waals surface area contributed by atoms with Gasteiger partial charge in [-0.2, -0.15) is 0 Å². The Balaban J connectivity index is 0.000000514. The lowest BCUT2D eigenvalue weighted by molar-refractivity contribution is -0.124. The van der Waals surface area contributed by atoms with Gasteiger partial charge in [0.2, 0.25) is 0 Å². The van der Waals surface area contributed by atoms with Crippen molar-refractivity contribution in [1.82, 2.24) is 0 Å². The summed E-state index contributed by atoms with van der Waals surface area (Å²) in [5, 5.41) is 0.